The Morgan fingerprint density at radius 1 is 1.33 bits per heavy atom. The fourth-order valence-electron chi connectivity index (χ4n) is 1.04. The third-order valence-corrected chi connectivity index (χ3v) is 1.69. The van der Waals surface area contributed by atoms with Crippen molar-refractivity contribution in [1.82, 2.24) is 0 Å². The van der Waals surface area contributed by atoms with Crippen LogP contribution >= 0.6 is 0 Å². The molecule has 1 aliphatic rings. The molecule has 0 amide bonds. The van der Waals surface area contributed by atoms with Crippen LogP contribution in [0.4, 0.5) is 0 Å². The van der Waals surface area contributed by atoms with Crippen LogP contribution in [0.5, 0.6) is 0 Å². The van der Waals surface area contributed by atoms with Crippen molar-refractivity contribution in [3.63, 3.8) is 0 Å². The molecule has 0 N–H and O–H groups in total. The lowest BCUT2D eigenvalue weighted by atomic mass is 9.88. The minimum Gasteiger partial charge on any atom is -0.0988 e. The van der Waals surface area contributed by atoms with E-state index >= 15 is 0 Å². The first kappa shape index (κ1) is 6.34. The summed E-state index contributed by atoms with van der Waals surface area (Å²) in [5.74, 6) is 0. The van der Waals surface area contributed by atoms with E-state index in [9.17, 15) is 0 Å². The Kier molecular flexibility index (Phi) is 1.88. The highest BCUT2D eigenvalue weighted by Crippen LogP contribution is 2.28. The lowest BCUT2D eigenvalue weighted by molar-refractivity contribution is 0.856. The molecule has 1 rings (SSSR count). The number of allylic oxidation sites excluding steroid dienone is 5. The Bertz CT molecular complexity index is 170. The Hall–Kier alpha value is -0.780. The van der Waals surface area contributed by atoms with Crippen molar-refractivity contribution in [1.29, 1.82) is 0 Å². The first-order chi connectivity index (χ1) is 4.38. The van der Waals surface area contributed by atoms with Gasteiger partial charge in [0, 0.05) is 0 Å². The number of hydrogen-bond donors (Lipinski definition) is 0. The van der Waals surface area contributed by atoms with Gasteiger partial charge >= 0.3 is 0 Å². The van der Waals surface area contributed by atoms with Gasteiger partial charge in [-0.2, -0.15) is 0 Å². The van der Waals surface area contributed by atoms with Crippen molar-refractivity contribution in [2.45, 2.75) is 19.8 Å². The van der Waals surface area contributed by atoms with Gasteiger partial charge in [0.15, 0.2) is 0 Å². The third kappa shape index (κ3) is 1.13. The average molecular weight is 120 g/mol. The van der Waals surface area contributed by atoms with Gasteiger partial charge in [0.25, 0.3) is 0 Å². The summed E-state index contributed by atoms with van der Waals surface area (Å²) in [7, 11) is 0. The first-order valence-electron chi connectivity index (χ1n) is 3.35. The van der Waals surface area contributed by atoms with E-state index < -0.39 is 0 Å². The average Bonchev–Trinajstić information content (AvgIpc) is 1.82. The normalized spacial score (nSPS) is 18.3. The minimum atomic E-state index is 1.23. The molecule has 0 spiro atoms. The molecule has 1 aliphatic carbocycles. The zero-order chi connectivity index (χ0) is 6.69. The topological polar surface area (TPSA) is 0 Å². The van der Waals surface area contributed by atoms with Crippen LogP contribution in [-0.4, -0.2) is 0 Å². The lowest BCUT2D eigenvalue weighted by Crippen LogP contribution is -1.98. The quantitative estimate of drug-likeness (QED) is 0.525. The monoisotopic (exact) mass is 120 g/mol. The summed E-state index contributed by atoms with van der Waals surface area (Å²) in [5, 5.41) is 0. The van der Waals surface area contributed by atoms with Crippen LogP contribution in [0.2, 0.25) is 0 Å². The number of rotatable bonds is 2. The van der Waals surface area contributed by atoms with Gasteiger partial charge in [-0.05, 0) is 30.9 Å². The van der Waals surface area contributed by atoms with Crippen LogP contribution in [0.1, 0.15) is 19.8 Å². The maximum absolute atomic E-state index is 3.72. The second-order valence-corrected chi connectivity index (χ2v) is 2.25. The molecule has 0 fully saturated rings. The van der Waals surface area contributed by atoms with Gasteiger partial charge in [0.2, 0.25) is 0 Å². The fraction of sp³-hybridized carbons (Fsp3) is 0.333. The Labute approximate surface area is 56.6 Å². The molecule has 0 heteroatoms. The molecule has 0 atom stereocenters. The van der Waals surface area contributed by atoms with E-state index in [1.807, 2.05) is 13.0 Å². The summed E-state index contributed by atoms with van der Waals surface area (Å²) >= 11 is 0. The van der Waals surface area contributed by atoms with Crippen molar-refractivity contribution >= 4 is 0 Å². The van der Waals surface area contributed by atoms with E-state index in [4.69, 9.17) is 0 Å². The predicted octanol–water partition coefficient (Wildman–Crippen LogP) is 2.84. The molecule has 48 valence electrons. The Morgan fingerprint density at radius 2 is 2.00 bits per heavy atom. The van der Waals surface area contributed by atoms with Crippen molar-refractivity contribution in [2.75, 3.05) is 0 Å². The second-order valence-electron chi connectivity index (χ2n) is 2.25. The van der Waals surface area contributed by atoms with Gasteiger partial charge in [-0.1, -0.05) is 24.8 Å². The maximum Gasteiger partial charge on any atom is -0.0236 e. The SMILES string of the molecule is C=CC1=C(/C=C\C)CC1. The molecule has 0 aromatic rings. The highest BCUT2D eigenvalue weighted by atomic mass is 14.1. The van der Waals surface area contributed by atoms with E-state index in [2.05, 4.69) is 18.7 Å². The van der Waals surface area contributed by atoms with Gasteiger partial charge in [-0.15, -0.1) is 0 Å². The maximum atomic E-state index is 3.72. The molecule has 0 radical (unpaired) electrons. The predicted molar refractivity (Wildman–Crippen MR) is 41.3 cm³/mol. The Balaban J connectivity index is 2.69. The molecule has 0 saturated heterocycles. The van der Waals surface area contributed by atoms with Crippen LogP contribution in [0.15, 0.2) is 36.0 Å². The van der Waals surface area contributed by atoms with Crippen molar-refractivity contribution < 1.29 is 0 Å². The highest BCUT2D eigenvalue weighted by Gasteiger charge is 2.09. The summed E-state index contributed by atoms with van der Waals surface area (Å²) in [4.78, 5) is 0. The van der Waals surface area contributed by atoms with Crippen LogP contribution in [0.25, 0.3) is 0 Å². The molecule has 0 nitrogen and oxygen atoms in total. The van der Waals surface area contributed by atoms with Crippen LogP contribution in [0, 0.1) is 0 Å². The van der Waals surface area contributed by atoms with Gasteiger partial charge in [-0.3, -0.25) is 0 Å². The zero-order valence-electron chi connectivity index (χ0n) is 5.85. The molecule has 0 bridgehead atoms. The van der Waals surface area contributed by atoms with E-state index in [-0.39, 0.29) is 0 Å². The van der Waals surface area contributed by atoms with E-state index in [0.717, 1.165) is 0 Å². The van der Waals surface area contributed by atoms with E-state index in [0.29, 0.717) is 0 Å². The zero-order valence-corrected chi connectivity index (χ0v) is 5.85. The largest absolute Gasteiger partial charge is 0.0988 e. The van der Waals surface area contributed by atoms with Crippen LogP contribution in [0.3, 0.4) is 0 Å². The third-order valence-electron chi connectivity index (χ3n) is 1.69. The van der Waals surface area contributed by atoms with Crippen molar-refractivity contribution in [2.24, 2.45) is 0 Å². The molecule has 0 aromatic heterocycles. The molecule has 0 aromatic carbocycles. The molecule has 0 aliphatic heterocycles. The Morgan fingerprint density at radius 3 is 2.33 bits per heavy atom. The van der Waals surface area contributed by atoms with Gasteiger partial charge in [0.05, 0.1) is 0 Å². The molecular formula is C9H12. The molecular weight excluding hydrogens is 108 g/mol. The first-order valence-corrected chi connectivity index (χ1v) is 3.35. The lowest BCUT2D eigenvalue weighted by Gasteiger charge is -2.17. The molecule has 0 heterocycles. The highest BCUT2D eigenvalue weighted by molar-refractivity contribution is 5.39. The summed E-state index contributed by atoms with van der Waals surface area (Å²) in [5.41, 5.74) is 2.89. The van der Waals surface area contributed by atoms with Crippen molar-refractivity contribution in [3.05, 3.63) is 36.0 Å². The summed E-state index contributed by atoms with van der Waals surface area (Å²) < 4.78 is 0. The molecule has 9 heavy (non-hydrogen) atoms. The van der Waals surface area contributed by atoms with E-state index in [1.165, 1.54) is 24.0 Å². The standard InChI is InChI=1S/C9H12/c1-3-5-9-7-6-8(9)4-2/h3-5H,2,6-7H2,1H3/b5-3-. The summed E-state index contributed by atoms with van der Waals surface area (Å²) in [6.07, 6.45) is 8.67. The summed E-state index contributed by atoms with van der Waals surface area (Å²) in [6.45, 7) is 5.77. The molecule has 0 unspecified atom stereocenters. The summed E-state index contributed by atoms with van der Waals surface area (Å²) in [6, 6.07) is 0. The van der Waals surface area contributed by atoms with Crippen LogP contribution in [-0.2, 0) is 0 Å². The van der Waals surface area contributed by atoms with Crippen molar-refractivity contribution in [3.8, 4) is 0 Å². The molecule has 0 saturated carbocycles. The smallest absolute Gasteiger partial charge is 0.0236 e. The fourth-order valence-corrected chi connectivity index (χ4v) is 1.04. The van der Waals surface area contributed by atoms with Gasteiger partial charge in [0.1, 0.15) is 0 Å². The van der Waals surface area contributed by atoms with Crippen LogP contribution < -0.4 is 0 Å². The minimum absolute atomic E-state index is 1.23. The number of hydrogen-bond acceptors (Lipinski definition) is 0. The van der Waals surface area contributed by atoms with Gasteiger partial charge < -0.3 is 0 Å². The van der Waals surface area contributed by atoms with Gasteiger partial charge in [-0.25, -0.2) is 0 Å². The second kappa shape index (κ2) is 2.67. The van der Waals surface area contributed by atoms with E-state index in [1.54, 1.807) is 0 Å².